The Morgan fingerprint density at radius 3 is 2.56 bits per heavy atom. The standard InChI is InChI=1S/C20H25N5O2/c1-5-24-14(4)16(11-12-17(26)21-13(2)3)19(27)25-20(24)22-18(23-25)15-9-7-6-8-10-15/h6-10,13H,5,11-12H2,1-4H3,(H,21,26). The van der Waals surface area contributed by atoms with Gasteiger partial charge in [0.15, 0.2) is 5.82 Å². The molecule has 142 valence electrons. The highest BCUT2D eigenvalue weighted by molar-refractivity contribution is 5.76. The summed E-state index contributed by atoms with van der Waals surface area (Å²) in [6, 6.07) is 9.67. The van der Waals surface area contributed by atoms with Crippen LogP contribution in [0.1, 0.15) is 38.4 Å². The molecular weight excluding hydrogens is 342 g/mol. The maximum atomic E-state index is 13.0. The number of carbonyl (C=O) groups is 1. The highest BCUT2D eigenvalue weighted by Crippen LogP contribution is 2.17. The predicted octanol–water partition coefficient (Wildman–Crippen LogP) is 2.34. The van der Waals surface area contributed by atoms with Crippen LogP contribution in [-0.2, 0) is 17.8 Å². The molecule has 0 aliphatic carbocycles. The lowest BCUT2D eigenvalue weighted by Gasteiger charge is -2.14. The van der Waals surface area contributed by atoms with Crippen molar-refractivity contribution in [3.63, 3.8) is 0 Å². The second-order valence-corrected chi connectivity index (χ2v) is 6.85. The van der Waals surface area contributed by atoms with Crippen molar-refractivity contribution in [2.75, 3.05) is 0 Å². The average Bonchev–Trinajstić information content (AvgIpc) is 3.07. The molecular formula is C20H25N5O2. The highest BCUT2D eigenvalue weighted by Gasteiger charge is 2.18. The summed E-state index contributed by atoms with van der Waals surface area (Å²) < 4.78 is 3.32. The van der Waals surface area contributed by atoms with E-state index in [0.29, 0.717) is 30.1 Å². The zero-order chi connectivity index (χ0) is 19.6. The molecule has 0 aliphatic heterocycles. The van der Waals surface area contributed by atoms with Crippen molar-refractivity contribution in [3.05, 3.63) is 51.9 Å². The quantitative estimate of drug-likeness (QED) is 0.725. The molecule has 2 heterocycles. The third-order valence-electron chi connectivity index (χ3n) is 4.52. The first kappa shape index (κ1) is 18.8. The summed E-state index contributed by atoms with van der Waals surface area (Å²) in [5.74, 6) is 0.980. The molecule has 1 aromatic carbocycles. The summed E-state index contributed by atoms with van der Waals surface area (Å²) in [6.45, 7) is 8.40. The van der Waals surface area contributed by atoms with Crippen molar-refractivity contribution >= 4 is 11.7 Å². The smallest absolute Gasteiger partial charge is 0.279 e. The van der Waals surface area contributed by atoms with E-state index in [1.54, 1.807) is 0 Å². The maximum Gasteiger partial charge on any atom is 0.279 e. The van der Waals surface area contributed by atoms with E-state index in [0.717, 1.165) is 11.3 Å². The van der Waals surface area contributed by atoms with Crippen molar-refractivity contribution in [2.45, 2.75) is 53.1 Å². The normalized spacial score (nSPS) is 11.3. The van der Waals surface area contributed by atoms with Crippen LogP contribution in [0.5, 0.6) is 0 Å². The fourth-order valence-corrected chi connectivity index (χ4v) is 3.22. The summed E-state index contributed by atoms with van der Waals surface area (Å²) in [7, 11) is 0. The van der Waals surface area contributed by atoms with E-state index in [2.05, 4.69) is 15.4 Å². The Hall–Kier alpha value is -2.96. The maximum absolute atomic E-state index is 13.0. The van der Waals surface area contributed by atoms with Crippen LogP contribution in [0.15, 0.2) is 35.1 Å². The number of benzene rings is 1. The Bertz CT molecular complexity index is 1020. The number of rotatable bonds is 6. The van der Waals surface area contributed by atoms with Crippen LogP contribution in [-0.4, -0.2) is 31.1 Å². The van der Waals surface area contributed by atoms with Gasteiger partial charge in [-0.1, -0.05) is 30.3 Å². The van der Waals surface area contributed by atoms with E-state index < -0.39 is 0 Å². The van der Waals surface area contributed by atoms with Crippen molar-refractivity contribution in [1.29, 1.82) is 0 Å². The summed E-state index contributed by atoms with van der Waals surface area (Å²) in [5, 5.41) is 7.30. The zero-order valence-electron chi connectivity index (χ0n) is 16.2. The number of amides is 1. The van der Waals surface area contributed by atoms with Gasteiger partial charge in [-0.2, -0.15) is 9.50 Å². The lowest BCUT2D eigenvalue weighted by atomic mass is 10.1. The zero-order valence-corrected chi connectivity index (χ0v) is 16.2. The molecule has 3 rings (SSSR count). The van der Waals surface area contributed by atoms with Gasteiger partial charge in [-0.15, -0.1) is 5.10 Å². The van der Waals surface area contributed by atoms with Crippen LogP contribution in [0.4, 0.5) is 0 Å². The number of carbonyl (C=O) groups excluding carboxylic acids is 1. The van der Waals surface area contributed by atoms with E-state index >= 15 is 0 Å². The van der Waals surface area contributed by atoms with Crippen molar-refractivity contribution in [3.8, 4) is 11.4 Å². The molecule has 0 atom stereocenters. The van der Waals surface area contributed by atoms with E-state index in [1.165, 1.54) is 4.52 Å². The SMILES string of the molecule is CCn1c(C)c(CCC(=O)NC(C)C)c(=O)n2nc(-c3ccccc3)nc12. The average molecular weight is 367 g/mol. The molecule has 1 N–H and O–H groups in total. The third-order valence-corrected chi connectivity index (χ3v) is 4.52. The molecule has 0 saturated carbocycles. The van der Waals surface area contributed by atoms with E-state index in [4.69, 9.17) is 0 Å². The molecule has 7 nitrogen and oxygen atoms in total. The van der Waals surface area contributed by atoms with Crippen molar-refractivity contribution in [2.24, 2.45) is 0 Å². The van der Waals surface area contributed by atoms with Crippen molar-refractivity contribution < 1.29 is 4.79 Å². The topological polar surface area (TPSA) is 81.3 Å². The van der Waals surface area contributed by atoms with Gasteiger partial charge in [0.2, 0.25) is 11.7 Å². The lowest BCUT2D eigenvalue weighted by molar-refractivity contribution is -0.121. The second-order valence-electron chi connectivity index (χ2n) is 6.85. The first-order valence-electron chi connectivity index (χ1n) is 9.26. The number of aryl methyl sites for hydroxylation is 1. The minimum absolute atomic E-state index is 0.0597. The molecule has 27 heavy (non-hydrogen) atoms. The molecule has 0 bridgehead atoms. The van der Waals surface area contributed by atoms with E-state index in [9.17, 15) is 9.59 Å². The number of nitrogens with one attached hydrogen (secondary N) is 1. The van der Waals surface area contributed by atoms with Crippen LogP contribution >= 0.6 is 0 Å². The Morgan fingerprint density at radius 1 is 1.22 bits per heavy atom. The highest BCUT2D eigenvalue weighted by atomic mass is 16.1. The first-order valence-corrected chi connectivity index (χ1v) is 9.26. The van der Waals surface area contributed by atoms with Crippen LogP contribution in [0, 0.1) is 6.92 Å². The molecule has 0 aliphatic rings. The Kier molecular flexibility index (Phi) is 5.39. The van der Waals surface area contributed by atoms with Gasteiger partial charge in [0, 0.05) is 35.8 Å². The predicted molar refractivity (Wildman–Crippen MR) is 105 cm³/mol. The van der Waals surface area contributed by atoms with Crippen LogP contribution in [0.3, 0.4) is 0 Å². The number of aromatic nitrogens is 4. The Labute approximate surface area is 158 Å². The Morgan fingerprint density at radius 2 is 1.93 bits per heavy atom. The molecule has 0 spiro atoms. The van der Waals surface area contributed by atoms with Gasteiger partial charge in [0.1, 0.15) is 0 Å². The van der Waals surface area contributed by atoms with Gasteiger partial charge in [0.05, 0.1) is 0 Å². The van der Waals surface area contributed by atoms with Gasteiger partial charge in [-0.3, -0.25) is 9.59 Å². The fourth-order valence-electron chi connectivity index (χ4n) is 3.22. The van der Waals surface area contributed by atoms with Gasteiger partial charge >= 0.3 is 0 Å². The molecule has 1 amide bonds. The lowest BCUT2D eigenvalue weighted by Crippen LogP contribution is -2.32. The van der Waals surface area contributed by atoms with E-state index in [-0.39, 0.29) is 23.9 Å². The molecule has 0 saturated heterocycles. The minimum atomic E-state index is -0.209. The summed E-state index contributed by atoms with van der Waals surface area (Å²) in [6.07, 6.45) is 0.642. The van der Waals surface area contributed by atoms with Crippen LogP contribution in [0.25, 0.3) is 17.2 Å². The molecule has 0 unspecified atom stereocenters. The fraction of sp³-hybridized carbons (Fsp3) is 0.400. The number of hydrogen-bond donors (Lipinski definition) is 1. The second kappa shape index (κ2) is 7.73. The van der Waals surface area contributed by atoms with Gasteiger partial charge in [-0.05, 0) is 34.1 Å². The van der Waals surface area contributed by atoms with Gasteiger partial charge < -0.3 is 9.88 Å². The number of nitrogens with zero attached hydrogens (tertiary/aromatic N) is 4. The molecule has 3 aromatic rings. The largest absolute Gasteiger partial charge is 0.354 e. The summed E-state index contributed by atoms with van der Waals surface area (Å²) in [5.41, 5.74) is 2.09. The molecule has 0 radical (unpaired) electrons. The summed E-state index contributed by atoms with van der Waals surface area (Å²) in [4.78, 5) is 29.6. The third kappa shape index (κ3) is 3.77. The number of hydrogen-bond acceptors (Lipinski definition) is 4. The van der Waals surface area contributed by atoms with Crippen LogP contribution in [0.2, 0.25) is 0 Å². The Balaban J connectivity index is 2.05. The van der Waals surface area contributed by atoms with E-state index in [1.807, 2.05) is 62.6 Å². The van der Waals surface area contributed by atoms with Gasteiger partial charge in [0.25, 0.3) is 5.56 Å². The summed E-state index contributed by atoms with van der Waals surface area (Å²) >= 11 is 0. The molecule has 7 heteroatoms. The minimum Gasteiger partial charge on any atom is -0.354 e. The van der Waals surface area contributed by atoms with Crippen molar-refractivity contribution in [1.82, 2.24) is 24.5 Å². The molecule has 0 fully saturated rings. The first-order chi connectivity index (χ1) is 12.9. The van der Waals surface area contributed by atoms with Crippen LogP contribution < -0.4 is 10.9 Å². The van der Waals surface area contributed by atoms with Gasteiger partial charge in [-0.25, -0.2) is 0 Å². The number of fused-ring (bicyclic) bond motifs is 1. The molecule has 2 aromatic heterocycles. The monoisotopic (exact) mass is 367 g/mol.